The molecule has 0 aliphatic carbocycles. The van der Waals surface area contributed by atoms with Crippen molar-refractivity contribution in [1.29, 1.82) is 5.41 Å². The Kier molecular flexibility index (Phi) is 3.66. The Labute approximate surface area is 48.6 Å². The van der Waals surface area contributed by atoms with Gasteiger partial charge in [-0.1, -0.05) is 0 Å². The predicted molar refractivity (Wildman–Crippen MR) is 32.7 cm³/mol. The van der Waals surface area contributed by atoms with Crippen LogP contribution in [0, 0.1) is 5.41 Å². The van der Waals surface area contributed by atoms with Crippen LogP contribution in [0.2, 0.25) is 0 Å². The molecule has 0 aliphatic rings. The van der Waals surface area contributed by atoms with E-state index in [1.165, 1.54) is 6.08 Å². The molecule has 3 heteroatoms. The zero-order valence-corrected chi connectivity index (χ0v) is 4.85. The highest BCUT2D eigenvalue weighted by molar-refractivity contribution is 5.67. The Bertz CT molecular complexity index is 98.6. The fourth-order valence-corrected chi connectivity index (χ4v) is 0.297. The predicted octanol–water partition coefficient (Wildman–Crippen LogP) is 0.473. The molecule has 0 radical (unpaired) electrons. The van der Waals surface area contributed by atoms with Gasteiger partial charge in [0.15, 0.2) is 5.88 Å². The molecule has 0 aromatic carbocycles. The number of hydrogen-bond acceptors (Lipinski definition) is 3. The molecular weight excluding hydrogens is 104 g/mol. The third kappa shape index (κ3) is 3.21. The Hall–Kier alpha value is -0.990. The first kappa shape index (κ1) is 7.01. The Morgan fingerprint density at radius 1 is 1.88 bits per heavy atom. The quantitative estimate of drug-likeness (QED) is 0.414. The topological polar surface area (TPSA) is 59.1 Å². The van der Waals surface area contributed by atoms with Gasteiger partial charge in [0.25, 0.3) is 0 Å². The van der Waals surface area contributed by atoms with Crippen molar-refractivity contribution in [3.8, 4) is 0 Å². The Balaban J connectivity index is 3.44. The maximum atomic E-state index is 6.55. The Morgan fingerprint density at radius 3 is 2.88 bits per heavy atom. The summed E-state index contributed by atoms with van der Waals surface area (Å²) in [5.74, 6) is 0.294. The molecular formula is C5H10N2O. The van der Waals surface area contributed by atoms with E-state index in [-0.39, 0.29) is 0 Å². The first-order valence-corrected chi connectivity index (χ1v) is 2.40. The zero-order chi connectivity index (χ0) is 6.41. The average molecular weight is 114 g/mol. The van der Waals surface area contributed by atoms with Crippen LogP contribution in [0.3, 0.4) is 0 Å². The van der Waals surface area contributed by atoms with Gasteiger partial charge in [0.05, 0.1) is 6.61 Å². The van der Waals surface area contributed by atoms with E-state index in [1.54, 1.807) is 0 Å². The molecule has 0 amide bonds. The minimum absolute atomic E-state index is 0.294. The third-order valence-electron chi connectivity index (χ3n) is 0.559. The van der Waals surface area contributed by atoms with Gasteiger partial charge in [-0.15, -0.1) is 0 Å². The van der Waals surface area contributed by atoms with Crippen LogP contribution in [-0.2, 0) is 4.74 Å². The number of nitrogens with one attached hydrogen (secondary N) is 1. The van der Waals surface area contributed by atoms with Crippen LogP contribution in [0.4, 0.5) is 0 Å². The van der Waals surface area contributed by atoms with Crippen LogP contribution in [0.15, 0.2) is 12.0 Å². The third-order valence-corrected chi connectivity index (χ3v) is 0.559. The van der Waals surface area contributed by atoms with Gasteiger partial charge in [0.2, 0.25) is 0 Å². The van der Waals surface area contributed by atoms with Gasteiger partial charge >= 0.3 is 0 Å². The summed E-state index contributed by atoms with van der Waals surface area (Å²) in [4.78, 5) is 0. The van der Waals surface area contributed by atoms with Crippen LogP contribution in [0.25, 0.3) is 0 Å². The molecule has 0 aromatic heterocycles. The molecule has 8 heavy (non-hydrogen) atoms. The summed E-state index contributed by atoms with van der Waals surface area (Å²) in [5, 5.41) is 6.55. The van der Waals surface area contributed by atoms with E-state index in [1.807, 2.05) is 6.92 Å². The number of allylic oxidation sites excluding steroid dienone is 1. The molecule has 3 nitrogen and oxygen atoms in total. The van der Waals surface area contributed by atoms with Gasteiger partial charge in [-0.05, 0) is 6.92 Å². The summed E-state index contributed by atoms with van der Waals surface area (Å²) in [7, 11) is 0. The fraction of sp³-hybridized carbons (Fsp3) is 0.400. The van der Waals surface area contributed by atoms with Crippen LogP contribution < -0.4 is 5.73 Å². The summed E-state index contributed by atoms with van der Waals surface area (Å²) in [6, 6.07) is 0. The molecule has 46 valence electrons. The molecule has 0 aliphatic heterocycles. The first-order chi connectivity index (χ1) is 3.81. The summed E-state index contributed by atoms with van der Waals surface area (Å²) < 4.78 is 4.77. The minimum Gasteiger partial charge on any atom is -0.480 e. The van der Waals surface area contributed by atoms with Crippen molar-refractivity contribution >= 4 is 6.21 Å². The first-order valence-electron chi connectivity index (χ1n) is 2.40. The van der Waals surface area contributed by atoms with Gasteiger partial charge in [0.1, 0.15) is 0 Å². The zero-order valence-electron chi connectivity index (χ0n) is 4.85. The van der Waals surface area contributed by atoms with E-state index in [4.69, 9.17) is 15.9 Å². The Morgan fingerprint density at radius 2 is 2.50 bits per heavy atom. The van der Waals surface area contributed by atoms with Crippen molar-refractivity contribution in [2.45, 2.75) is 6.92 Å². The summed E-state index contributed by atoms with van der Waals surface area (Å²) in [6.45, 7) is 2.39. The SMILES string of the molecule is CCOC(N)=CC=N. The van der Waals surface area contributed by atoms with Crippen LogP contribution in [0.1, 0.15) is 6.92 Å². The second-order valence-corrected chi connectivity index (χ2v) is 1.17. The van der Waals surface area contributed by atoms with Crippen LogP contribution >= 0.6 is 0 Å². The van der Waals surface area contributed by atoms with Gasteiger partial charge < -0.3 is 15.9 Å². The molecule has 0 fully saturated rings. The number of nitrogens with two attached hydrogens (primary N) is 1. The van der Waals surface area contributed by atoms with Crippen LogP contribution in [0.5, 0.6) is 0 Å². The van der Waals surface area contributed by atoms with Gasteiger partial charge in [0, 0.05) is 12.3 Å². The average Bonchev–Trinajstić information content (AvgIpc) is 1.68. The van der Waals surface area contributed by atoms with Gasteiger partial charge in [-0.25, -0.2) is 0 Å². The van der Waals surface area contributed by atoms with Crippen molar-refractivity contribution in [1.82, 2.24) is 0 Å². The van der Waals surface area contributed by atoms with E-state index in [0.29, 0.717) is 12.5 Å². The van der Waals surface area contributed by atoms with E-state index in [2.05, 4.69) is 0 Å². The summed E-state index contributed by atoms with van der Waals surface area (Å²) in [5.41, 5.74) is 5.18. The smallest absolute Gasteiger partial charge is 0.185 e. The maximum Gasteiger partial charge on any atom is 0.185 e. The number of hydrogen-bond donors (Lipinski definition) is 2. The van der Waals surface area contributed by atoms with Crippen molar-refractivity contribution in [2.75, 3.05) is 6.61 Å². The normalized spacial score (nSPS) is 10.9. The lowest BCUT2D eigenvalue weighted by Gasteiger charge is -1.97. The highest BCUT2D eigenvalue weighted by Gasteiger charge is 1.80. The molecule has 0 saturated carbocycles. The second kappa shape index (κ2) is 4.18. The largest absolute Gasteiger partial charge is 0.480 e. The fourth-order valence-electron chi connectivity index (χ4n) is 0.297. The summed E-state index contributed by atoms with van der Waals surface area (Å²) >= 11 is 0. The summed E-state index contributed by atoms with van der Waals surface area (Å²) in [6.07, 6.45) is 2.48. The number of ether oxygens (including phenoxy) is 1. The lowest BCUT2D eigenvalue weighted by atomic mass is 10.6. The molecule has 0 spiro atoms. The molecule has 0 heterocycles. The van der Waals surface area contributed by atoms with E-state index in [9.17, 15) is 0 Å². The number of rotatable bonds is 3. The van der Waals surface area contributed by atoms with E-state index >= 15 is 0 Å². The molecule has 3 N–H and O–H groups in total. The maximum absolute atomic E-state index is 6.55. The second-order valence-electron chi connectivity index (χ2n) is 1.17. The van der Waals surface area contributed by atoms with Gasteiger partial charge in [-0.2, -0.15) is 0 Å². The molecule has 0 aromatic rings. The molecule has 0 unspecified atom stereocenters. The molecule has 0 saturated heterocycles. The highest BCUT2D eigenvalue weighted by Crippen LogP contribution is 1.82. The monoisotopic (exact) mass is 114 g/mol. The van der Waals surface area contributed by atoms with Crippen LogP contribution in [-0.4, -0.2) is 12.8 Å². The van der Waals surface area contributed by atoms with Crippen molar-refractivity contribution in [3.63, 3.8) is 0 Å². The van der Waals surface area contributed by atoms with Crippen molar-refractivity contribution in [3.05, 3.63) is 12.0 Å². The molecule has 0 rings (SSSR count). The minimum atomic E-state index is 0.294. The molecule has 0 atom stereocenters. The lowest BCUT2D eigenvalue weighted by molar-refractivity contribution is 0.227. The van der Waals surface area contributed by atoms with Crippen molar-refractivity contribution < 1.29 is 4.74 Å². The highest BCUT2D eigenvalue weighted by atomic mass is 16.5. The standard InChI is InChI=1S/C5H10N2O/c1-2-8-5(7)3-4-6/h3-4,6H,2,7H2,1H3. The van der Waals surface area contributed by atoms with Crippen molar-refractivity contribution in [2.24, 2.45) is 5.73 Å². The lowest BCUT2D eigenvalue weighted by Crippen LogP contribution is -2.01. The van der Waals surface area contributed by atoms with E-state index in [0.717, 1.165) is 6.21 Å². The molecule has 0 bridgehead atoms. The van der Waals surface area contributed by atoms with Gasteiger partial charge in [-0.3, -0.25) is 0 Å². The van der Waals surface area contributed by atoms with E-state index < -0.39 is 0 Å².